The molecule has 0 unspecified atom stereocenters. The Morgan fingerprint density at radius 3 is 2.70 bits per heavy atom. The van der Waals surface area contributed by atoms with Gasteiger partial charge in [0, 0.05) is 11.2 Å². The van der Waals surface area contributed by atoms with Crippen molar-refractivity contribution in [2.24, 2.45) is 0 Å². The summed E-state index contributed by atoms with van der Waals surface area (Å²) in [6.45, 7) is 0. The lowest BCUT2D eigenvalue weighted by atomic mass is 10.2. The zero-order valence-corrected chi connectivity index (χ0v) is 11.1. The highest BCUT2D eigenvalue weighted by molar-refractivity contribution is 6.30. The van der Waals surface area contributed by atoms with E-state index in [9.17, 15) is 0 Å². The Labute approximate surface area is 120 Å². The molecule has 0 aliphatic rings. The van der Waals surface area contributed by atoms with Crippen molar-refractivity contribution in [3.8, 4) is 6.07 Å². The zero-order valence-electron chi connectivity index (χ0n) is 10.4. The Hall–Kier alpha value is -2.64. The molecule has 0 aliphatic carbocycles. The summed E-state index contributed by atoms with van der Waals surface area (Å²) in [4.78, 5) is 4.17. The van der Waals surface area contributed by atoms with Crippen molar-refractivity contribution in [3.63, 3.8) is 0 Å². The molecule has 4 nitrogen and oxygen atoms in total. The maximum absolute atomic E-state index is 8.98. The van der Waals surface area contributed by atoms with E-state index in [2.05, 4.69) is 16.2 Å². The van der Waals surface area contributed by atoms with Gasteiger partial charge in [-0.05, 0) is 29.8 Å². The van der Waals surface area contributed by atoms with Gasteiger partial charge in [-0.2, -0.15) is 10.4 Å². The first kappa shape index (κ1) is 12.4. The highest BCUT2D eigenvalue weighted by Gasteiger charge is 2.05. The molecule has 1 aromatic carbocycles. The molecule has 96 valence electrons. The van der Waals surface area contributed by atoms with E-state index in [1.165, 1.54) is 6.20 Å². The molecule has 0 saturated carbocycles. The van der Waals surface area contributed by atoms with Gasteiger partial charge in [0.1, 0.15) is 11.6 Å². The van der Waals surface area contributed by atoms with Gasteiger partial charge >= 0.3 is 0 Å². The van der Waals surface area contributed by atoms with Crippen LogP contribution in [0, 0.1) is 11.3 Å². The van der Waals surface area contributed by atoms with E-state index in [4.69, 9.17) is 16.9 Å². The third kappa shape index (κ3) is 2.27. The van der Waals surface area contributed by atoms with Gasteiger partial charge in [-0.15, -0.1) is 0 Å². The van der Waals surface area contributed by atoms with Gasteiger partial charge < -0.3 is 0 Å². The monoisotopic (exact) mass is 280 g/mol. The minimum Gasteiger partial charge on any atom is -0.236 e. The van der Waals surface area contributed by atoms with Crippen LogP contribution in [0.2, 0.25) is 5.02 Å². The van der Waals surface area contributed by atoms with E-state index in [-0.39, 0.29) is 0 Å². The summed E-state index contributed by atoms with van der Waals surface area (Å²) in [6, 6.07) is 11.5. The lowest BCUT2D eigenvalue weighted by Gasteiger charge is -1.99. The number of nitrogens with zero attached hydrogens (tertiary/aromatic N) is 4. The third-order valence-corrected chi connectivity index (χ3v) is 3.12. The average Bonchev–Trinajstić information content (AvgIpc) is 2.90. The molecule has 0 bridgehead atoms. The van der Waals surface area contributed by atoms with Gasteiger partial charge in [0.05, 0.1) is 11.9 Å². The van der Waals surface area contributed by atoms with Crippen LogP contribution in [0.4, 0.5) is 0 Å². The standard InChI is InChI=1S/C15H9ClN4/c16-13-4-1-11(2-5-13)3-6-14-7-8-18-15-12(9-17)10-19-20(14)15/h1-8,10H. The van der Waals surface area contributed by atoms with E-state index in [0.29, 0.717) is 16.2 Å². The van der Waals surface area contributed by atoms with Gasteiger partial charge in [0.15, 0.2) is 5.65 Å². The summed E-state index contributed by atoms with van der Waals surface area (Å²) >= 11 is 5.85. The summed E-state index contributed by atoms with van der Waals surface area (Å²) in [5.41, 5.74) is 2.91. The Kier molecular flexibility index (Phi) is 3.20. The number of hydrogen-bond acceptors (Lipinski definition) is 3. The molecule has 0 N–H and O–H groups in total. The SMILES string of the molecule is N#Cc1cnn2c(C=Cc3ccc(Cl)cc3)ccnc12. The molecule has 0 saturated heterocycles. The fourth-order valence-electron chi connectivity index (χ4n) is 1.87. The Morgan fingerprint density at radius 2 is 1.95 bits per heavy atom. The highest BCUT2D eigenvalue weighted by atomic mass is 35.5. The number of fused-ring (bicyclic) bond motifs is 1. The molecule has 0 spiro atoms. The van der Waals surface area contributed by atoms with Crippen molar-refractivity contribution in [1.82, 2.24) is 14.6 Å². The van der Waals surface area contributed by atoms with Crippen molar-refractivity contribution in [2.45, 2.75) is 0 Å². The maximum atomic E-state index is 8.98. The second kappa shape index (κ2) is 5.16. The van der Waals surface area contributed by atoms with E-state index in [1.54, 1.807) is 10.7 Å². The van der Waals surface area contributed by atoms with Crippen LogP contribution in [0.5, 0.6) is 0 Å². The first-order valence-electron chi connectivity index (χ1n) is 5.94. The minimum absolute atomic E-state index is 0.465. The summed E-state index contributed by atoms with van der Waals surface area (Å²) in [7, 11) is 0. The van der Waals surface area contributed by atoms with Crippen molar-refractivity contribution < 1.29 is 0 Å². The van der Waals surface area contributed by atoms with Crippen LogP contribution in [0.3, 0.4) is 0 Å². The van der Waals surface area contributed by atoms with Crippen LogP contribution in [0.15, 0.2) is 42.7 Å². The van der Waals surface area contributed by atoms with Gasteiger partial charge in [0.2, 0.25) is 0 Å². The Morgan fingerprint density at radius 1 is 1.15 bits per heavy atom. The lowest BCUT2D eigenvalue weighted by Crippen LogP contribution is -1.94. The van der Waals surface area contributed by atoms with E-state index in [1.807, 2.05) is 42.5 Å². The quantitative estimate of drug-likeness (QED) is 0.723. The van der Waals surface area contributed by atoms with Gasteiger partial charge in [0.25, 0.3) is 0 Å². The van der Waals surface area contributed by atoms with Gasteiger partial charge in [-0.1, -0.05) is 29.8 Å². The van der Waals surface area contributed by atoms with Crippen LogP contribution >= 0.6 is 11.6 Å². The molecule has 20 heavy (non-hydrogen) atoms. The number of halogens is 1. The Bertz CT molecular complexity index is 825. The van der Waals surface area contributed by atoms with Crippen LogP contribution in [0.25, 0.3) is 17.8 Å². The number of rotatable bonds is 2. The maximum Gasteiger partial charge on any atom is 0.173 e. The van der Waals surface area contributed by atoms with Crippen LogP contribution in [0.1, 0.15) is 16.8 Å². The summed E-state index contributed by atoms with van der Waals surface area (Å²) < 4.78 is 1.64. The van der Waals surface area contributed by atoms with Gasteiger partial charge in [-0.25, -0.2) is 9.50 Å². The van der Waals surface area contributed by atoms with Gasteiger partial charge in [-0.3, -0.25) is 0 Å². The minimum atomic E-state index is 0.465. The second-order valence-electron chi connectivity index (χ2n) is 4.16. The fraction of sp³-hybridized carbons (Fsp3) is 0. The topological polar surface area (TPSA) is 54.0 Å². The smallest absolute Gasteiger partial charge is 0.173 e. The second-order valence-corrected chi connectivity index (χ2v) is 4.60. The highest BCUT2D eigenvalue weighted by Crippen LogP contribution is 2.14. The van der Waals surface area contributed by atoms with Crippen molar-refractivity contribution in [3.05, 3.63) is 64.6 Å². The lowest BCUT2D eigenvalue weighted by molar-refractivity contribution is 0.927. The number of nitriles is 1. The summed E-state index contributed by atoms with van der Waals surface area (Å²) in [5.74, 6) is 0. The molecule has 3 aromatic rings. The van der Waals surface area contributed by atoms with Crippen molar-refractivity contribution >= 4 is 29.4 Å². The molecule has 2 aromatic heterocycles. The average molecular weight is 281 g/mol. The normalized spacial score (nSPS) is 11.0. The first-order chi connectivity index (χ1) is 9.78. The van der Waals surface area contributed by atoms with Crippen molar-refractivity contribution in [2.75, 3.05) is 0 Å². The molecule has 0 amide bonds. The number of hydrogen-bond donors (Lipinski definition) is 0. The molecule has 2 heterocycles. The summed E-state index contributed by atoms with van der Waals surface area (Å²) in [5, 5.41) is 13.9. The summed E-state index contributed by atoms with van der Waals surface area (Å²) in [6.07, 6.45) is 7.06. The molecule has 0 atom stereocenters. The van der Waals surface area contributed by atoms with E-state index < -0.39 is 0 Å². The largest absolute Gasteiger partial charge is 0.236 e. The van der Waals surface area contributed by atoms with Crippen LogP contribution in [-0.4, -0.2) is 14.6 Å². The third-order valence-electron chi connectivity index (χ3n) is 2.87. The molecular weight excluding hydrogens is 272 g/mol. The fourth-order valence-corrected chi connectivity index (χ4v) is 2.00. The Balaban J connectivity index is 2.01. The van der Waals surface area contributed by atoms with E-state index in [0.717, 1.165) is 11.3 Å². The molecule has 0 aliphatic heterocycles. The molecule has 3 rings (SSSR count). The number of benzene rings is 1. The predicted octanol–water partition coefficient (Wildman–Crippen LogP) is 3.42. The zero-order chi connectivity index (χ0) is 13.9. The van der Waals surface area contributed by atoms with Crippen LogP contribution < -0.4 is 0 Å². The molecule has 0 radical (unpaired) electrons. The van der Waals surface area contributed by atoms with Crippen LogP contribution in [-0.2, 0) is 0 Å². The molecule has 5 heteroatoms. The number of aromatic nitrogens is 3. The molecular formula is C15H9ClN4. The van der Waals surface area contributed by atoms with E-state index >= 15 is 0 Å². The molecule has 0 fully saturated rings. The predicted molar refractivity (Wildman–Crippen MR) is 78.1 cm³/mol. The first-order valence-corrected chi connectivity index (χ1v) is 6.32. The van der Waals surface area contributed by atoms with Crippen molar-refractivity contribution in [1.29, 1.82) is 5.26 Å².